The van der Waals surface area contributed by atoms with Crippen molar-refractivity contribution >= 4 is 46.1 Å². The number of amides is 1. The Morgan fingerprint density at radius 3 is 2.43 bits per heavy atom. The summed E-state index contributed by atoms with van der Waals surface area (Å²) < 4.78 is 11.2. The van der Waals surface area contributed by atoms with E-state index in [1.54, 1.807) is 36.4 Å². The third kappa shape index (κ3) is 4.83. The highest BCUT2D eigenvalue weighted by Gasteiger charge is 2.47. The predicted octanol–water partition coefficient (Wildman–Crippen LogP) is 6.62. The second kappa shape index (κ2) is 10.5. The maximum atomic E-state index is 13.3. The standard InChI is InChI=1S/C29H22ClNO5S/c1-35-23-14-9-19(30)16-22(23)27(32)25-26(24-8-5-15-37-24)31(29(34)28(25)33)20-10-12-21(13-11-20)36-17-18-6-3-2-4-7-18/h2-16,26,32H,17H2,1H3/b27-25-. The fourth-order valence-corrected chi connectivity index (χ4v) is 5.26. The Bertz CT molecular complexity index is 1470. The van der Waals surface area contributed by atoms with Crippen LogP contribution in [0.2, 0.25) is 5.02 Å². The minimum atomic E-state index is -0.820. The van der Waals surface area contributed by atoms with Crippen LogP contribution in [0.5, 0.6) is 11.5 Å². The quantitative estimate of drug-likeness (QED) is 0.165. The normalized spacial score (nSPS) is 16.7. The molecule has 1 unspecified atom stereocenters. The summed E-state index contributed by atoms with van der Waals surface area (Å²) in [7, 11) is 1.46. The Labute approximate surface area is 223 Å². The lowest BCUT2D eigenvalue weighted by Gasteiger charge is -2.24. The number of ether oxygens (including phenoxy) is 2. The summed E-state index contributed by atoms with van der Waals surface area (Å²) in [5.41, 5.74) is 1.74. The van der Waals surface area contributed by atoms with Crippen LogP contribution in [0.1, 0.15) is 22.0 Å². The minimum absolute atomic E-state index is 0.0302. The molecule has 186 valence electrons. The van der Waals surface area contributed by atoms with Gasteiger partial charge in [-0.25, -0.2) is 0 Å². The number of carbonyl (C=O) groups excluding carboxylic acids is 2. The molecule has 1 aliphatic heterocycles. The van der Waals surface area contributed by atoms with Crippen molar-refractivity contribution in [3.8, 4) is 11.5 Å². The van der Waals surface area contributed by atoms with Gasteiger partial charge < -0.3 is 14.6 Å². The Balaban J connectivity index is 1.53. The fourth-order valence-electron chi connectivity index (χ4n) is 4.27. The molecule has 1 amide bonds. The lowest BCUT2D eigenvalue weighted by atomic mass is 9.99. The van der Waals surface area contributed by atoms with E-state index < -0.39 is 17.7 Å². The van der Waals surface area contributed by atoms with Crippen LogP contribution in [-0.2, 0) is 16.2 Å². The number of hydrogen-bond donors (Lipinski definition) is 1. The van der Waals surface area contributed by atoms with Crippen molar-refractivity contribution in [2.75, 3.05) is 12.0 Å². The number of methoxy groups -OCH3 is 1. The molecule has 1 atom stereocenters. The van der Waals surface area contributed by atoms with Gasteiger partial charge in [-0.05, 0) is 59.5 Å². The molecule has 2 heterocycles. The molecule has 1 saturated heterocycles. The molecule has 37 heavy (non-hydrogen) atoms. The molecule has 1 N–H and O–H groups in total. The lowest BCUT2D eigenvalue weighted by molar-refractivity contribution is -0.132. The van der Waals surface area contributed by atoms with Crippen LogP contribution in [-0.4, -0.2) is 23.9 Å². The number of hydrogen-bond acceptors (Lipinski definition) is 6. The van der Waals surface area contributed by atoms with Gasteiger partial charge in [0.2, 0.25) is 0 Å². The number of thiophene rings is 1. The Kier molecular flexibility index (Phi) is 6.99. The van der Waals surface area contributed by atoms with Gasteiger partial charge in [0.05, 0.1) is 18.2 Å². The lowest BCUT2D eigenvalue weighted by Crippen LogP contribution is -2.29. The fraction of sp³-hybridized carbons (Fsp3) is 0.103. The van der Waals surface area contributed by atoms with Crippen molar-refractivity contribution in [2.24, 2.45) is 0 Å². The SMILES string of the molecule is COc1ccc(Cl)cc1/C(O)=C1/C(=O)C(=O)N(c2ccc(OCc3ccccc3)cc2)C1c1cccs1. The first-order valence-corrected chi connectivity index (χ1v) is 12.7. The van der Waals surface area contributed by atoms with Crippen LogP contribution in [0, 0.1) is 0 Å². The molecule has 1 aromatic heterocycles. The van der Waals surface area contributed by atoms with Gasteiger partial charge in [0, 0.05) is 15.6 Å². The zero-order valence-corrected chi connectivity index (χ0v) is 21.3. The van der Waals surface area contributed by atoms with E-state index in [1.807, 2.05) is 47.8 Å². The summed E-state index contributed by atoms with van der Waals surface area (Å²) in [6.45, 7) is 0.404. The zero-order chi connectivity index (χ0) is 25.9. The van der Waals surface area contributed by atoms with Crippen LogP contribution in [0.3, 0.4) is 0 Å². The number of rotatable bonds is 7. The molecule has 0 radical (unpaired) electrons. The first kappa shape index (κ1) is 24.6. The van der Waals surface area contributed by atoms with Crippen molar-refractivity contribution in [1.82, 2.24) is 0 Å². The Hall–Kier alpha value is -4.07. The number of halogens is 1. The maximum absolute atomic E-state index is 13.3. The second-order valence-electron chi connectivity index (χ2n) is 8.30. The highest BCUT2D eigenvalue weighted by atomic mass is 35.5. The van der Waals surface area contributed by atoms with Crippen molar-refractivity contribution < 1.29 is 24.2 Å². The molecule has 1 aliphatic rings. The van der Waals surface area contributed by atoms with E-state index in [1.165, 1.54) is 29.4 Å². The summed E-state index contributed by atoms with van der Waals surface area (Å²) in [4.78, 5) is 28.8. The molecule has 3 aromatic carbocycles. The molecule has 1 fully saturated rings. The topological polar surface area (TPSA) is 76.1 Å². The van der Waals surface area contributed by atoms with Crippen molar-refractivity contribution in [3.63, 3.8) is 0 Å². The van der Waals surface area contributed by atoms with Crippen LogP contribution in [0.4, 0.5) is 5.69 Å². The summed E-state index contributed by atoms with van der Waals surface area (Å²) in [6.07, 6.45) is 0. The van der Waals surface area contributed by atoms with Crippen LogP contribution >= 0.6 is 22.9 Å². The second-order valence-corrected chi connectivity index (χ2v) is 9.71. The Morgan fingerprint density at radius 2 is 1.76 bits per heavy atom. The third-order valence-corrected chi connectivity index (χ3v) is 7.20. The predicted molar refractivity (Wildman–Crippen MR) is 144 cm³/mol. The maximum Gasteiger partial charge on any atom is 0.300 e. The monoisotopic (exact) mass is 531 g/mol. The number of nitrogens with zero attached hydrogens (tertiary/aromatic N) is 1. The summed E-state index contributed by atoms with van der Waals surface area (Å²) in [5, 5.41) is 13.5. The molecule has 0 aliphatic carbocycles. The van der Waals surface area contributed by atoms with E-state index in [9.17, 15) is 14.7 Å². The first-order valence-electron chi connectivity index (χ1n) is 11.4. The summed E-state index contributed by atoms with van der Waals surface area (Å²) in [5.74, 6) is -0.916. The number of aliphatic hydroxyl groups is 1. The van der Waals surface area contributed by atoms with Crippen molar-refractivity contribution in [1.29, 1.82) is 0 Å². The third-order valence-electron chi connectivity index (χ3n) is 6.04. The highest BCUT2D eigenvalue weighted by molar-refractivity contribution is 7.10. The van der Waals surface area contributed by atoms with Gasteiger partial charge in [-0.15, -0.1) is 11.3 Å². The summed E-state index contributed by atoms with van der Waals surface area (Å²) in [6, 6.07) is 24.3. The zero-order valence-electron chi connectivity index (χ0n) is 19.8. The number of carbonyl (C=O) groups is 2. The number of anilines is 1. The molecule has 8 heteroatoms. The summed E-state index contributed by atoms with van der Waals surface area (Å²) >= 11 is 7.56. The van der Waals surface area contributed by atoms with Gasteiger partial charge in [-0.2, -0.15) is 0 Å². The van der Waals surface area contributed by atoms with E-state index in [2.05, 4.69) is 0 Å². The number of aliphatic hydroxyl groups excluding tert-OH is 1. The van der Waals surface area contributed by atoms with Gasteiger partial charge in [0.15, 0.2) is 0 Å². The molecule has 6 nitrogen and oxygen atoms in total. The largest absolute Gasteiger partial charge is 0.507 e. The molecule has 4 aromatic rings. The van der Waals surface area contributed by atoms with E-state index in [0.29, 0.717) is 28.8 Å². The van der Waals surface area contributed by atoms with Crippen molar-refractivity contribution in [2.45, 2.75) is 12.6 Å². The van der Waals surface area contributed by atoms with Crippen LogP contribution in [0.15, 0.2) is 95.9 Å². The van der Waals surface area contributed by atoms with Crippen LogP contribution in [0.25, 0.3) is 5.76 Å². The van der Waals surface area contributed by atoms with Gasteiger partial charge in [-0.1, -0.05) is 48.0 Å². The van der Waals surface area contributed by atoms with Crippen molar-refractivity contribution in [3.05, 3.63) is 117 Å². The number of ketones is 1. The molecule has 5 rings (SSSR count). The van der Waals surface area contributed by atoms with E-state index in [-0.39, 0.29) is 16.9 Å². The van der Waals surface area contributed by atoms with E-state index in [4.69, 9.17) is 21.1 Å². The highest BCUT2D eigenvalue weighted by Crippen LogP contribution is 2.45. The number of benzene rings is 3. The van der Waals surface area contributed by atoms with E-state index in [0.717, 1.165) is 10.4 Å². The smallest absolute Gasteiger partial charge is 0.300 e. The molecule has 0 spiro atoms. The van der Waals surface area contributed by atoms with Gasteiger partial charge in [0.1, 0.15) is 29.9 Å². The van der Waals surface area contributed by atoms with Gasteiger partial charge >= 0.3 is 0 Å². The number of Topliss-reactive ketones (excluding diaryl/α,β-unsaturated/α-hetero) is 1. The minimum Gasteiger partial charge on any atom is -0.507 e. The molecule has 0 bridgehead atoms. The van der Waals surface area contributed by atoms with Crippen LogP contribution < -0.4 is 14.4 Å². The average molecular weight is 532 g/mol. The first-order chi connectivity index (χ1) is 18.0. The average Bonchev–Trinajstić information content (AvgIpc) is 3.55. The van der Waals surface area contributed by atoms with E-state index >= 15 is 0 Å². The Morgan fingerprint density at radius 1 is 1.00 bits per heavy atom. The molecular formula is C29H22ClNO5S. The van der Waals surface area contributed by atoms with Gasteiger partial charge in [-0.3, -0.25) is 14.5 Å². The molecule has 0 saturated carbocycles. The molecular weight excluding hydrogens is 510 g/mol. The van der Waals surface area contributed by atoms with Gasteiger partial charge in [0.25, 0.3) is 11.7 Å².